The molecular weight excluding hydrogens is 460 g/mol. The van der Waals surface area contributed by atoms with Gasteiger partial charge in [0.15, 0.2) is 0 Å². The Hall–Kier alpha value is -1.94. The molecule has 32 heavy (non-hydrogen) atoms. The van der Waals surface area contributed by atoms with Crippen molar-refractivity contribution in [3.05, 3.63) is 71.5 Å². The smallest absolute Gasteiger partial charge is 0.263 e. The van der Waals surface area contributed by atoms with E-state index in [1.165, 1.54) is 36.7 Å². The number of sulfonamides is 1. The van der Waals surface area contributed by atoms with Crippen LogP contribution in [0.4, 0.5) is 5.13 Å². The molecule has 0 saturated carbocycles. The van der Waals surface area contributed by atoms with Gasteiger partial charge in [0.1, 0.15) is 6.33 Å². The van der Waals surface area contributed by atoms with E-state index in [9.17, 15) is 8.42 Å². The van der Waals surface area contributed by atoms with E-state index in [2.05, 4.69) is 49.3 Å². The van der Waals surface area contributed by atoms with Gasteiger partial charge in [-0.25, -0.2) is 13.4 Å². The van der Waals surface area contributed by atoms with Crippen molar-refractivity contribution in [1.82, 2.24) is 14.3 Å². The van der Waals surface area contributed by atoms with Crippen LogP contribution in [0.15, 0.2) is 59.8 Å². The van der Waals surface area contributed by atoms with Crippen LogP contribution in [0, 0.1) is 0 Å². The molecule has 2 aromatic carbocycles. The van der Waals surface area contributed by atoms with Crippen LogP contribution >= 0.6 is 25.0 Å². The largest absolute Gasteiger partial charge is 0.289 e. The molecule has 2 aliphatic rings. The Balaban J connectivity index is 0.00000245. The summed E-state index contributed by atoms with van der Waals surface area (Å²) in [6, 6.07) is 17.2. The van der Waals surface area contributed by atoms with Gasteiger partial charge in [-0.2, -0.15) is 17.9 Å². The summed E-state index contributed by atoms with van der Waals surface area (Å²) in [6.45, 7) is 1.09. The predicted octanol–water partition coefficient (Wildman–Crippen LogP) is 5.06. The van der Waals surface area contributed by atoms with Crippen LogP contribution in [0.2, 0.25) is 0 Å². The minimum Gasteiger partial charge on any atom is -0.289 e. The van der Waals surface area contributed by atoms with Gasteiger partial charge in [-0.3, -0.25) is 9.62 Å². The first-order chi connectivity index (χ1) is 15.1. The Morgan fingerprint density at radius 2 is 1.81 bits per heavy atom. The molecule has 2 heterocycles. The molecule has 9 heteroatoms. The summed E-state index contributed by atoms with van der Waals surface area (Å²) < 4.78 is 32.0. The molecule has 1 aliphatic carbocycles. The summed E-state index contributed by atoms with van der Waals surface area (Å²) in [5, 5.41) is 0.287. The van der Waals surface area contributed by atoms with Gasteiger partial charge in [0.25, 0.3) is 10.0 Å². The number of hydrogen-bond donors (Lipinski definition) is 1. The number of anilines is 1. The second-order valence-corrected chi connectivity index (χ2v) is 10.7. The third-order valence-electron chi connectivity index (χ3n) is 6.42. The van der Waals surface area contributed by atoms with Crippen LogP contribution in [0.5, 0.6) is 0 Å². The van der Waals surface area contributed by atoms with Crippen molar-refractivity contribution in [1.29, 1.82) is 0 Å². The number of piperidine rings is 1. The van der Waals surface area contributed by atoms with E-state index in [0.717, 1.165) is 42.9 Å². The lowest BCUT2D eigenvalue weighted by Crippen LogP contribution is -2.38. The Morgan fingerprint density at radius 3 is 2.59 bits per heavy atom. The highest BCUT2D eigenvalue weighted by Gasteiger charge is 2.33. The van der Waals surface area contributed by atoms with E-state index in [4.69, 9.17) is 0 Å². The van der Waals surface area contributed by atoms with E-state index in [1.54, 1.807) is 6.07 Å². The van der Waals surface area contributed by atoms with Crippen LogP contribution in [-0.4, -0.2) is 29.2 Å². The molecule has 0 radical (unpaired) electrons. The normalized spacial score (nSPS) is 21.4. The number of hydrogen-bond acceptors (Lipinski definition) is 6. The number of nitrogens with zero attached hydrogens (tertiary/aromatic N) is 3. The summed E-state index contributed by atoms with van der Waals surface area (Å²) in [5.74, 6) is 0. The lowest BCUT2D eigenvalue weighted by atomic mass is 9.83. The van der Waals surface area contributed by atoms with Crippen LogP contribution in [0.1, 0.15) is 60.9 Å². The number of benzene rings is 2. The first kappa shape index (κ1) is 23.2. The lowest BCUT2D eigenvalue weighted by Gasteiger charge is -2.44. The van der Waals surface area contributed by atoms with Crippen molar-refractivity contribution in [2.24, 2.45) is 0 Å². The zero-order valence-electron chi connectivity index (χ0n) is 17.8. The SMILES string of the molecule is O=S(=O)(Nc1ncns1)c1ccc2c(c1)CCC[C@@H]2N1CCCC[C@H]1c1ccccc1.S. The monoisotopic (exact) mass is 488 g/mol. The number of rotatable bonds is 5. The summed E-state index contributed by atoms with van der Waals surface area (Å²) >= 11 is 1.03. The molecule has 1 aromatic heterocycles. The predicted molar refractivity (Wildman–Crippen MR) is 133 cm³/mol. The van der Waals surface area contributed by atoms with Crippen molar-refractivity contribution >= 4 is 40.2 Å². The highest BCUT2D eigenvalue weighted by atomic mass is 32.2. The summed E-state index contributed by atoms with van der Waals surface area (Å²) in [7, 11) is -3.67. The first-order valence-electron chi connectivity index (χ1n) is 10.8. The molecule has 1 fully saturated rings. The molecule has 0 unspecified atom stereocenters. The topological polar surface area (TPSA) is 75.2 Å². The second-order valence-electron chi connectivity index (χ2n) is 8.28. The van der Waals surface area contributed by atoms with Gasteiger partial charge in [0, 0.05) is 23.6 Å². The summed E-state index contributed by atoms with van der Waals surface area (Å²) in [6.07, 6.45) is 8.10. The third kappa shape index (κ3) is 4.71. The molecule has 1 N–H and O–H groups in total. The van der Waals surface area contributed by atoms with Crippen LogP contribution in [0.3, 0.4) is 0 Å². The number of aromatic nitrogens is 2. The van der Waals surface area contributed by atoms with Crippen LogP contribution in [-0.2, 0) is 16.4 Å². The zero-order chi connectivity index (χ0) is 21.3. The van der Waals surface area contributed by atoms with Crippen molar-refractivity contribution in [3.63, 3.8) is 0 Å². The zero-order valence-corrected chi connectivity index (χ0v) is 20.4. The average molecular weight is 489 g/mol. The van der Waals surface area contributed by atoms with E-state index < -0.39 is 10.0 Å². The van der Waals surface area contributed by atoms with E-state index in [1.807, 2.05) is 12.1 Å². The van der Waals surface area contributed by atoms with Gasteiger partial charge in [-0.15, -0.1) is 0 Å². The minimum absolute atomic E-state index is 0. The molecule has 1 saturated heterocycles. The molecule has 6 nitrogen and oxygen atoms in total. The lowest BCUT2D eigenvalue weighted by molar-refractivity contribution is 0.0835. The fourth-order valence-corrected chi connectivity index (χ4v) is 6.74. The van der Waals surface area contributed by atoms with Crippen molar-refractivity contribution < 1.29 is 8.42 Å². The quantitative estimate of drug-likeness (QED) is 0.544. The van der Waals surface area contributed by atoms with Gasteiger partial charge in [-0.05, 0) is 67.5 Å². The number of aryl methyl sites for hydroxylation is 1. The maximum Gasteiger partial charge on any atom is 0.263 e. The van der Waals surface area contributed by atoms with Gasteiger partial charge in [0.2, 0.25) is 5.13 Å². The van der Waals surface area contributed by atoms with Crippen molar-refractivity contribution in [3.8, 4) is 0 Å². The molecular formula is C23H28N4O2S3. The van der Waals surface area contributed by atoms with Gasteiger partial charge >= 0.3 is 0 Å². The molecule has 1 aliphatic heterocycles. The second kappa shape index (κ2) is 9.91. The summed E-state index contributed by atoms with van der Waals surface area (Å²) in [5.41, 5.74) is 3.81. The molecule has 5 rings (SSSR count). The number of likely N-dealkylation sites (tertiary alicyclic amines) is 1. The Morgan fingerprint density at radius 1 is 1.00 bits per heavy atom. The van der Waals surface area contributed by atoms with Crippen LogP contribution in [0.25, 0.3) is 0 Å². The average Bonchev–Trinajstić information content (AvgIpc) is 3.31. The van der Waals surface area contributed by atoms with Gasteiger partial charge in [0.05, 0.1) is 4.90 Å². The van der Waals surface area contributed by atoms with E-state index in [0.29, 0.717) is 17.0 Å². The molecule has 0 spiro atoms. The minimum atomic E-state index is -3.67. The first-order valence-corrected chi connectivity index (χ1v) is 13.1. The van der Waals surface area contributed by atoms with Gasteiger partial charge < -0.3 is 0 Å². The molecule has 170 valence electrons. The van der Waals surface area contributed by atoms with Crippen LogP contribution < -0.4 is 4.72 Å². The number of nitrogens with one attached hydrogen (secondary N) is 1. The molecule has 3 aromatic rings. The van der Waals surface area contributed by atoms with E-state index in [-0.39, 0.29) is 18.6 Å². The van der Waals surface area contributed by atoms with Gasteiger partial charge in [-0.1, -0.05) is 42.8 Å². The standard InChI is InChI=1S/C23H26N4O2S2.H2S/c28-31(29,26-23-24-16-25-30-23)19-12-13-20-18(15-19)9-6-11-22(20)27-14-5-4-10-21(27)17-7-2-1-3-8-17;/h1-3,7-8,12-13,15-16,21-22H,4-6,9-11,14H2,(H,24,25,26);1H2/t21-,22-;/m0./s1. The Kier molecular flexibility index (Phi) is 7.19. The molecule has 0 amide bonds. The maximum atomic E-state index is 12.8. The fourth-order valence-electron chi connectivity index (χ4n) is 5.03. The number of fused-ring (bicyclic) bond motifs is 1. The fraction of sp³-hybridized carbons (Fsp3) is 0.391. The van der Waals surface area contributed by atoms with Crippen molar-refractivity contribution in [2.75, 3.05) is 11.3 Å². The molecule has 0 bridgehead atoms. The third-order valence-corrected chi connectivity index (χ3v) is 8.47. The highest BCUT2D eigenvalue weighted by Crippen LogP contribution is 2.43. The highest BCUT2D eigenvalue weighted by molar-refractivity contribution is 7.93. The molecule has 2 atom stereocenters. The maximum absolute atomic E-state index is 12.8. The van der Waals surface area contributed by atoms with E-state index >= 15 is 0 Å². The summed E-state index contributed by atoms with van der Waals surface area (Å²) in [4.78, 5) is 6.88. The Labute approximate surface area is 200 Å². The van der Waals surface area contributed by atoms with Crippen molar-refractivity contribution in [2.45, 2.75) is 55.5 Å². The Bertz CT molecular complexity index is 1140.